The second kappa shape index (κ2) is 11.7. The summed E-state index contributed by atoms with van der Waals surface area (Å²) in [4.78, 5) is 2.43. The molecule has 0 N–H and O–H groups in total. The molecule has 0 fully saturated rings. The number of aromatic nitrogens is 2. The summed E-state index contributed by atoms with van der Waals surface area (Å²) in [5, 5.41) is 5.09. The first-order valence-corrected chi connectivity index (χ1v) is 20.1. The number of anilines is 3. The summed E-state index contributed by atoms with van der Waals surface area (Å²) < 4.78 is 4.92. The molecule has 3 nitrogen and oxygen atoms in total. The predicted molar refractivity (Wildman–Crippen MR) is 241 cm³/mol. The monoisotopic (exact) mass is 737 g/mol. The molecule has 1 aliphatic carbocycles. The fourth-order valence-corrected chi connectivity index (χ4v) is 10.7. The summed E-state index contributed by atoms with van der Waals surface area (Å²) in [6.07, 6.45) is 0. The lowest BCUT2D eigenvalue weighted by Gasteiger charge is -2.40. The molecule has 3 heterocycles. The number of benzene rings is 9. The van der Waals surface area contributed by atoms with Gasteiger partial charge in [0.15, 0.2) is 0 Å². The van der Waals surface area contributed by atoms with E-state index < -0.39 is 5.41 Å². The topological polar surface area (TPSA) is 13.1 Å². The lowest BCUT2D eigenvalue weighted by Crippen LogP contribution is -2.33. The Bertz CT molecular complexity index is 3420. The maximum atomic E-state index is 2.52. The molecular formula is C55H35N3. The lowest BCUT2D eigenvalue weighted by atomic mass is 9.65. The van der Waals surface area contributed by atoms with Gasteiger partial charge < -0.3 is 14.0 Å². The molecule has 2 aliphatic rings. The number of hydrogen-bond acceptors (Lipinski definition) is 1. The van der Waals surface area contributed by atoms with Gasteiger partial charge in [0.1, 0.15) is 0 Å². The van der Waals surface area contributed by atoms with Gasteiger partial charge in [-0.15, -0.1) is 0 Å². The molecule has 1 unspecified atom stereocenters. The molecule has 2 aromatic heterocycles. The molecule has 1 aliphatic heterocycles. The van der Waals surface area contributed by atoms with Crippen molar-refractivity contribution in [1.29, 1.82) is 0 Å². The van der Waals surface area contributed by atoms with Crippen LogP contribution in [0.15, 0.2) is 212 Å². The molecule has 0 saturated carbocycles. The molecule has 0 saturated heterocycles. The lowest BCUT2D eigenvalue weighted by molar-refractivity contribution is 0.748. The average Bonchev–Trinajstić information content (AvgIpc) is 3.91. The van der Waals surface area contributed by atoms with E-state index in [0.29, 0.717) is 0 Å². The Morgan fingerprint density at radius 1 is 0.328 bits per heavy atom. The second-order valence-electron chi connectivity index (χ2n) is 15.7. The Kier molecular flexibility index (Phi) is 6.37. The summed E-state index contributed by atoms with van der Waals surface area (Å²) in [6.45, 7) is 0. The molecule has 1 spiro atoms. The fourth-order valence-electron chi connectivity index (χ4n) is 10.7. The van der Waals surface area contributed by atoms with Crippen LogP contribution in [0.25, 0.3) is 66.1 Å². The Morgan fingerprint density at radius 3 is 1.64 bits per heavy atom. The van der Waals surface area contributed by atoms with Crippen molar-refractivity contribution in [3.8, 4) is 22.5 Å². The van der Waals surface area contributed by atoms with Crippen molar-refractivity contribution in [3.05, 3.63) is 235 Å². The molecule has 9 aromatic carbocycles. The molecule has 3 heteroatoms. The molecular weight excluding hydrogens is 703 g/mol. The Hall–Kier alpha value is -7.62. The molecule has 0 amide bonds. The van der Waals surface area contributed by atoms with Gasteiger partial charge >= 0.3 is 0 Å². The highest BCUT2D eigenvalue weighted by Crippen LogP contribution is 2.61. The van der Waals surface area contributed by atoms with E-state index >= 15 is 0 Å². The van der Waals surface area contributed by atoms with Gasteiger partial charge in [0, 0.05) is 44.3 Å². The second-order valence-corrected chi connectivity index (χ2v) is 15.7. The summed E-state index contributed by atoms with van der Waals surface area (Å²) in [5.41, 5.74) is 17.9. The van der Waals surface area contributed by atoms with Gasteiger partial charge in [0.25, 0.3) is 0 Å². The van der Waals surface area contributed by atoms with Crippen molar-refractivity contribution in [2.45, 2.75) is 5.41 Å². The standard InChI is InChI=1S/C55H35N3/c1-2-16-36(17-3-1)56(37-18-14-19-38(34-37)57-50-28-10-5-21-42(50)43-22-6-11-29-51(43)57)39-32-33-41-40-20-4-8-25-46(40)55(49(41)35-39)47-26-9-13-31-53(47)58-52-30-12-7-23-44(52)45-24-15-27-48(55)54(45)58/h1-35H. The zero-order valence-corrected chi connectivity index (χ0v) is 31.5. The van der Waals surface area contributed by atoms with Crippen LogP contribution in [0.4, 0.5) is 17.1 Å². The first-order chi connectivity index (χ1) is 28.8. The summed E-state index contributed by atoms with van der Waals surface area (Å²) in [5.74, 6) is 0. The summed E-state index contributed by atoms with van der Waals surface area (Å²) >= 11 is 0. The van der Waals surface area contributed by atoms with Gasteiger partial charge in [0.05, 0.1) is 33.2 Å². The van der Waals surface area contributed by atoms with Gasteiger partial charge in [-0.2, -0.15) is 0 Å². The summed E-state index contributed by atoms with van der Waals surface area (Å²) in [7, 11) is 0. The minimum Gasteiger partial charge on any atom is -0.310 e. The van der Waals surface area contributed by atoms with Crippen LogP contribution >= 0.6 is 0 Å². The minimum atomic E-state index is -0.532. The van der Waals surface area contributed by atoms with Gasteiger partial charge in [-0.3, -0.25) is 0 Å². The van der Waals surface area contributed by atoms with Crippen LogP contribution in [0.2, 0.25) is 0 Å². The molecule has 270 valence electrons. The van der Waals surface area contributed by atoms with Crippen molar-refractivity contribution < 1.29 is 0 Å². The third-order valence-electron chi connectivity index (χ3n) is 12.9. The van der Waals surface area contributed by atoms with Crippen LogP contribution in [0.1, 0.15) is 22.3 Å². The van der Waals surface area contributed by atoms with Gasteiger partial charge in [-0.25, -0.2) is 0 Å². The average molecular weight is 738 g/mol. The first-order valence-electron chi connectivity index (χ1n) is 20.1. The summed E-state index contributed by atoms with van der Waals surface area (Å²) in [6, 6.07) is 78.6. The van der Waals surface area contributed by atoms with E-state index in [1.807, 2.05) is 0 Å². The third-order valence-corrected chi connectivity index (χ3v) is 12.9. The van der Waals surface area contributed by atoms with Crippen LogP contribution in [-0.4, -0.2) is 9.13 Å². The molecule has 0 radical (unpaired) electrons. The number of fused-ring (bicyclic) bond motifs is 15. The van der Waals surface area contributed by atoms with Crippen molar-refractivity contribution in [1.82, 2.24) is 9.13 Å². The first kappa shape index (κ1) is 31.6. The number of nitrogens with zero attached hydrogens (tertiary/aromatic N) is 3. The van der Waals surface area contributed by atoms with Crippen LogP contribution in [-0.2, 0) is 5.41 Å². The quantitative estimate of drug-likeness (QED) is 0.175. The normalized spacial score (nSPS) is 15.0. The van der Waals surface area contributed by atoms with E-state index in [1.54, 1.807) is 0 Å². The largest absolute Gasteiger partial charge is 0.310 e. The zero-order valence-electron chi connectivity index (χ0n) is 31.5. The van der Waals surface area contributed by atoms with E-state index in [9.17, 15) is 0 Å². The van der Waals surface area contributed by atoms with Crippen molar-refractivity contribution in [2.75, 3.05) is 4.90 Å². The van der Waals surface area contributed by atoms with E-state index in [2.05, 4.69) is 226 Å². The maximum Gasteiger partial charge on any atom is 0.0755 e. The number of hydrogen-bond donors (Lipinski definition) is 0. The number of para-hydroxylation sites is 6. The molecule has 58 heavy (non-hydrogen) atoms. The Morgan fingerprint density at radius 2 is 0.862 bits per heavy atom. The highest BCUT2D eigenvalue weighted by atomic mass is 15.1. The smallest absolute Gasteiger partial charge is 0.0755 e. The maximum absolute atomic E-state index is 2.52. The predicted octanol–water partition coefficient (Wildman–Crippen LogP) is 14.0. The fraction of sp³-hybridized carbons (Fsp3) is 0.0182. The van der Waals surface area contributed by atoms with Crippen LogP contribution in [0.5, 0.6) is 0 Å². The Labute approximate surface area is 335 Å². The van der Waals surface area contributed by atoms with Crippen molar-refractivity contribution in [2.24, 2.45) is 0 Å². The van der Waals surface area contributed by atoms with Crippen LogP contribution in [0.3, 0.4) is 0 Å². The van der Waals surface area contributed by atoms with Gasteiger partial charge in [-0.1, -0.05) is 146 Å². The van der Waals surface area contributed by atoms with E-state index in [0.717, 1.165) is 22.7 Å². The van der Waals surface area contributed by atoms with Gasteiger partial charge in [0.2, 0.25) is 0 Å². The van der Waals surface area contributed by atoms with E-state index in [4.69, 9.17) is 0 Å². The highest BCUT2D eigenvalue weighted by molar-refractivity contribution is 6.13. The molecule has 13 rings (SSSR count). The molecule has 0 bridgehead atoms. The van der Waals surface area contributed by atoms with Crippen molar-refractivity contribution >= 4 is 60.7 Å². The van der Waals surface area contributed by atoms with Gasteiger partial charge in [-0.05, 0) is 100 Å². The van der Waals surface area contributed by atoms with E-state index in [-0.39, 0.29) is 0 Å². The van der Waals surface area contributed by atoms with Crippen LogP contribution in [0, 0.1) is 0 Å². The molecule has 1 atom stereocenters. The highest BCUT2D eigenvalue weighted by Gasteiger charge is 2.51. The van der Waals surface area contributed by atoms with Crippen LogP contribution < -0.4 is 4.90 Å². The van der Waals surface area contributed by atoms with E-state index in [1.165, 1.54) is 82.7 Å². The Balaban J connectivity index is 1.09. The van der Waals surface area contributed by atoms with Crippen molar-refractivity contribution in [3.63, 3.8) is 0 Å². The third kappa shape index (κ3) is 4.02. The minimum absolute atomic E-state index is 0.532. The zero-order chi connectivity index (χ0) is 38.0. The molecule has 11 aromatic rings. The number of rotatable bonds is 4. The SMILES string of the molecule is c1ccc(N(c2cccc(-n3c4ccccc4c4ccccc43)c2)c2ccc3c(c2)C2(c4ccccc4-3)c3ccccc3-n3c4ccccc4c4cccc2c43)cc1.